The molecule has 3 aromatic rings. The molecule has 1 heterocycles. The normalized spacial score (nSPS) is 10.5. The largest absolute Gasteiger partial charge is 0.465 e. The third-order valence-electron chi connectivity index (χ3n) is 3.16. The van der Waals surface area contributed by atoms with Gasteiger partial charge in [0.15, 0.2) is 0 Å². The minimum Gasteiger partial charge on any atom is -0.465 e. The quantitative estimate of drug-likeness (QED) is 0.731. The van der Waals surface area contributed by atoms with E-state index in [-0.39, 0.29) is 5.56 Å². The van der Waals surface area contributed by atoms with Crippen molar-refractivity contribution in [1.29, 1.82) is 0 Å². The van der Waals surface area contributed by atoms with E-state index in [1.54, 1.807) is 18.2 Å². The second-order valence-corrected chi connectivity index (χ2v) is 4.50. The van der Waals surface area contributed by atoms with Crippen LogP contribution in [0.3, 0.4) is 0 Å². The van der Waals surface area contributed by atoms with Crippen molar-refractivity contribution < 1.29 is 9.53 Å². The van der Waals surface area contributed by atoms with Gasteiger partial charge < -0.3 is 9.72 Å². The van der Waals surface area contributed by atoms with Gasteiger partial charge in [0.2, 0.25) is 0 Å². The zero-order valence-corrected chi connectivity index (χ0v) is 11.3. The molecule has 21 heavy (non-hydrogen) atoms. The molecule has 1 aromatic heterocycles. The van der Waals surface area contributed by atoms with E-state index in [0.717, 1.165) is 5.56 Å². The Balaban J connectivity index is 2.21. The third-order valence-corrected chi connectivity index (χ3v) is 3.16. The maximum Gasteiger partial charge on any atom is 0.337 e. The molecule has 3 rings (SSSR count). The highest BCUT2D eigenvalue weighted by Crippen LogP contribution is 2.17. The average molecular weight is 280 g/mol. The lowest BCUT2D eigenvalue weighted by Gasteiger charge is -2.04. The number of carbonyl (C=O) groups is 1. The van der Waals surface area contributed by atoms with Gasteiger partial charge in [-0.15, -0.1) is 0 Å². The fraction of sp³-hybridized carbons (Fsp3) is 0.0625. The van der Waals surface area contributed by atoms with E-state index in [1.165, 1.54) is 7.11 Å². The number of aromatic nitrogens is 2. The molecule has 0 aliphatic heterocycles. The summed E-state index contributed by atoms with van der Waals surface area (Å²) in [6.07, 6.45) is 0. The number of nitrogens with one attached hydrogen (secondary N) is 1. The molecule has 0 bridgehead atoms. The van der Waals surface area contributed by atoms with E-state index >= 15 is 0 Å². The topological polar surface area (TPSA) is 72.1 Å². The number of rotatable bonds is 2. The summed E-state index contributed by atoms with van der Waals surface area (Å²) in [5.41, 5.74) is 2.29. The van der Waals surface area contributed by atoms with Gasteiger partial charge in [0, 0.05) is 5.56 Å². The summed E-state index contributed by atoms with van der Waals surface area (Å²) < 4.78 is 4.69. The molecule has 2 aromatic carbocycles. The highest BCUT2D eigenvalue weighted by atomic mass is 16.5. The van der Waals surface area contributed by atoms with Crippen LogP contribution in [0.5, 0.6) is 0 Å². The molecule has 0 fully saturated rings. The first-order valence-electron chi connectivity index (χ1n) is 6.37. The van der Waals surface area contributed by atoms with Crippen molar-refractivity contribution in [2.75, 3.05) is 7.11 Å². The number of benzene rings is 2. The summed E-state index contributed by atoms with van der Waals surface area (Å²) in [6.45, 7) is 0. The van der Waals surface area contributed by atoms with E-state index in [4.69, 9.17) is 0 Å². The lowest BCUT2D eigenvalue weighted by molar-refractivity contribution is 0.0601. The van der Waals surface area contributed by atoms with E-state index in [9.17, 15) is 9.59 Å². The molecule has 0 spiro atoms. The van der Waals surface area contributed by atoms with Crippen LogP contribution in [0.2, 0.25) is 0 Å². The van der Waals surface area contributed by atoms with Gasteiger partial charge in [-0.05, 0) is 18.2 Å². The van der Waals surface area contributed by atoms with E-state index < -0.39 is 5.97 Å². The fourth-order valence-electron chi connectivity index (χ4n) is 2.12. The van der Waals surface area contributed by atoms with Gasteiger partial charge in [-0.25, -0.2) is 9.78 Å². The van der Waals surface area contributed by atoms with Crippen molar-refractivity contribution in [2.24, 2.45) is 0 Å². The summed E-state index contributed by atoms with van der Waals surface area (Å²) in [7, 11) is 1.32. The number of carbonyl (C=O) groups excluding carboxylic acids is 1. The minimum atomic E-state index is -0.439. The second kappa shape index (κ2) is 5.20. The number of hydrogen-bond donors (Lipinski definition) is 1. The van der Waals surface area contributed by atoms with Gasteiger partial charge in [-0.2, -0.15) is 0 Å². The minimum absolute atomic E-state index is 0.264. The Bertz CT molecular complexity index is 870. The number of aromatic amines is 1. The molecule has 0 saturated carbocycles. The molecule has 0 amide bonds. The molecule has 0 radical (unpaired) electrons. The number of H-pyrrole nitrogens is 1. The van der Waals surface area contributed by atoms with Crippen molar-refractivity contribution in [3.8, 4) is 11.3 Å². The smallest absolute Gasteiger partial charge is 0.337 e. The maximum absolute atomic E-state index is 12.1. The molecule has 0 saturated heterocycles. The molecule has 1 N–H and O–H groups in total. The molecular formula is C16H12N2O3. The van der Waals surface area contributed by atoms with Crippen LogP contribution in [0.25, 0.3) is 22.3 Å². The van der Waals surface area contributed by atoms with Crippen LogP contribution in [0.4, 0.5) is 0 Å². The highest BCUT2D eigenvalue weighted by Gasteiger charge is 2.10. The number of nitrogens with zero attached hydrogens (tertiary/aromatic N) is 1. The average Bonchev–Trinajstić information content (AvgIpc) is 2.54. The van der Waals surface area contributed by atoms with E-state index in [0.29, 0.717) is 22.3 Å². The molecule has 104 valence electrons. The first-order chi connectivity index (χ1) is 10.2. The van der Waals surface area contributed by atoms with Gasteiger partial charge in [0.1, 0.15) is 5.69 Å². The Morgan fingerprint density at radius 3 is 2.62 bits per heavy atom. The first-order valence-corrected chi connectivity index (χ1v) is 6.37. The molecule has 0 unspecified atom stereocenters. The summed E-state index contributed by atoms with van der Waals surface area (Å²) in [4.78, 5) is 30.8. The van der Waals surface area contributed by atoms with Crippen LogP contribution < -0.4 is 5.56 Å². The van der Waals surface area contributed by atoms with Gasteiger partial charge >= 0.3 is 5.97 Å². The number of methoxy groups -OCH3 is 1. The zero-order valence-electron chi connectivity index (χ0n) is 11.3. The van der Waals surface area contributed by atoms with E-state index in [1.807, 2.05) is 30.3 Å². The number of ether oxygens (including phenoxy) is 1. The molecule has 0 atom stereocenters. The third kappa shape index (κ3) is 2.41. The van der Waals surface area contributed by atoms with Gasteiger partial charge in [0.25, 0.3) is 5.56 Å². The summed E-state index contributed by atoms with van der Waals surface area (Å²) >= 11 is 0. The SMILES string of the molecule is COC(=O)c1ccc2[nH]c(=O)c(-c3ccccc3)nc2c1. The Labute approximate surface area is 120 Å². The zero-order chi connectivity index (χ0) is 14.8. The monoisotopic (exact) mass is 280 g/mol. The standard InChI is InChI=1S/C16H12N2O3/c1-21-16(20)11-7-8-12-13(9-11)17-14(15(19)18-12)10-5-3-2-4-6-10/h2-9H,1H3,(H,18,19). The number of esters is 1. The van der Waals surface area contributed by atoms with Crippen LogP contribution in [0.15, 0.2) is 53.3 Å². The fourth-order valence-corrected chi connectivity index (χ4v) is 2.12. The van der Waals surface area contributed by atoms with Crippen molar-refractivity contribution in [3.63, 3.8) is 0 Å². The van der Waals surface area contributed by atoms with E-state index in [2.05, 4.69) is 14.7 Å². The van der Waals surface area contributed by atoms with Crippen molar-refractivity contribution in [1.82, 2.24) is 9.97 Å². The predicted molar refractivity (Wildman–Crippen MR) is 79.1 cm³/mol. The Morgan fingerprint density at radius 2 is 1.90 bits per heavy atom. The van der Waals surface area contributed by atoms with Crippen LogP contribution >= 0.6 is 0 Å². The predicted octanol–water partition coefficient (Wildman–Crippen LogP) is 2.38. The number of fused-ring (bicyclic) bond motifs is 1. The van der Waals surface area contributed by atoms with Crippen LogP contribution in [-0.2, 0) is 4.74 Å². The van der Waals surface area contributed by atoms with Crippen LogP contribution in [0, 0.1) is 0 Å². The molecule has 0 aliphatic rings. The maximum atomic E-state index is 12.1. The molecular weight excluding hydrogens is 268 g/mol. The molecule has 0 aliphatic carbocycles. The van der Waals surface area contributed by atoms with Gasteiger partial charge in [-0.3, -0.25) is 4.79 Å². The summed E-state index contributed by atoms with van der Waals surface area (Å²) in [5.74, 6) is -0.439. The van der Waals surface area contributed by atoms with Crippen LogP contribution in [-0.4, -0.2) is 23.0 Å². The lowest BCUT2D eigenvalue weighted by atomic mass is 10.1. The second-order valence-electron chi connectivity index (χ2n) is 4.50. The van der Waals surface area contributed by atoms with Crippen LogP contribution in [0.1, 0.15) is 10.4 Å². The Morgan fingerprint density at radius 1 is 1.14 bits per heavy atom. The molecule has 5 nitrogen and oxygen atoms in total. The molecule has 5 heteroatoms. The summed E-state index contributed by atoms with van der Waals surface area (Å²) in [5, 5.41) is 0. The van der Waals surface area contributed by atoms with Crippen molar-refractivity contribution >= 4 is 17.0 Å². The van der Waals surface area contributed by atoms with Gasteiger partial charge in [0.05, 0.1) is 23.7 Å². The Kier molecular flexibility index (Phi) is 3.23. The van der Waals surface area contributed by atoms with Crippen molar-refractivity contribution in [2.45, 2.75) is 0 Å². The highest BCUT2D eigenvalue weighted by molar-refractivity contribution is 5.93. The number of hydrogen-bond acceptors (Lipinski definition) is 4. The van der Waals surface area contributed by atoms with Crippen molar-refractivity contribution in [3.05, 3.63) is 64.4 Å². The lowest BCUT2D eigenvalue weighted by Crippen LogP contribution is -2.12. The van der Waals surface area contributed by atoms with Gasteiger partial charge in [-0.1, -0.05) is 30.3 Å². The first kappa shape index (κ1) is 13.1. The Hall–Kier alpha value is -2.95. The summed E-state index contributed by atoms with van der Waals surface area (Å²) in [6, 6.07) is 14.0.